The maximum atomic E-state index is 11.2. The predicted molar refractivity (Wildman–Crippen MR) is 96.2 cm³/mol. The third kappa shape index (κ3) is 2.66. The van der Waals surface area contributed by atoms with E-state index in [2.05, 4.69) is 16.8 Å². The molecule has 0 amide bonds. The Morgan fingerprint density at radius 1 is 1.12 bits per heavy atom. The first kappa shape index (κ1) is 15.4. The highest BCUT2D eigenvalue weighted by atomic mass is 16.6. The van der Waals surface area contributed by atoms with Crippen LogP contribution >= 0.6 is 0 Å². The third-order valence-electron chi connectivity index (χ3n) is 5.07. The minimum atomic E-state index is -0.340. The standard InChI is InChI=1S/C20H17N3O2/c21-12-14-5-7-15(8-6-14)19-13-22(16-3-1-2-4-16)20-11-17(23(24)25)9-10-18(19)20/h5-11,13,16H,1-4H2. The SMILES string of the molecule is N#Cc1ccc(-c2cn(C3CCCC3)c3cc([N+](=O)[O-])ccc23)cc1. The Morgan fingerprint density at radius 3 is 2.48 bits per heavy atom. The summed E-state index contributed by atoms with van der Waals surface area (Å²) in [5, 5.41) is 21.2. The summed E-state index contributed by atoms with van der Waals surface area (Å²) in [6, 6.07) is 15.1. The molecule has 1 fully saturated rings. The molecule has 25 heavy (non-hydrogen) atoms. The lowest BCUT2D eigenvalue weighted by atomic mass is 10.0. The zero-order chi connectivity index (χ0) is 17.4. The maximum absolute atomic E-state index is 11.2. The summed E-state index contributed by atoms with van der Waals surface area (Å²) in [7, 11) is 0. The van der Waals surface area contributed by atoms with Gasteiger partial charge in [0.2, 0.25) is 0 Å². The highest BCUT2D eigenvalue weighted by molar-refractivity contribution is 5.97. The van der Waals surface area contributed by atoms with E-state index in [-0.39, 0.29) is 10.6 Å². The highest BCUT2D eigenvalue weighted by Gasteiger charge is 2.22. The monoisotopic (exact) mass is 331 g/mol. The molecule has 4 rings (SSSR count). The minimum absolute atomic E-state index is 0.122. The molecule has 0 bridgehead atoms. The van der Waals surface area contributed by atoms with Crippen LogP contribution in [0.4, 0.5) is 5.69 Å². The largest absolute Gasteiger partial charge is 0.344 e. The van der Waals surface area contributed by atoms with Crippen LogP contribution in [0, 0.1) is 21.4 Å². The molecule has 0 spiro atoms. The number of nitriles is 1. The van der Waals surface area contributed by atoms with Crippen molar-refractivity contribution in [1.29, 1.82) is 5.26 Å². The first-order valence-electron chi connectivity index (χ1n) is 8.47. The molecule has 0 aliphatic heterocycles. The first-order valence-corrected chi connectivity index (χ1v) is 8.47. The molecule has 1 aliphatic rings. The molecule has 0 N–H and O–H groups in total. The van der Waals surface area contributed by atoms with E-state index in [4.69, 9.17) is 5.26 Å². The molecule has 5 nitrogen and oxygen atoms in total. The summed E-state index contributed by atoms with van der Waals surface area (Å²) >= 11 is 0. The Morgan fingerprint density at radius 2 is 1.84 bits per heavy atom. The average Bonchev–Trinajstić information content (AvgIpc) is 3.28. The van der Waals surface area contributed by atoms with E-state index in [1.54, 1.807) is 24.3 Å². The van der Waals surface area contributed by atoms with Crippen LogP contribution < -0.4 is 0 Å². The van der Waals surface area contributed by atoms with Crippen LogP contribution in [0.5, 0.6) is 0 Å². The summed E-state index contributed by atoms with van der Waals surface area (Å²) < 4.78 is 2.21. The number of aromatic nitrogens is 1. The molecular weight excluding hydrogens is 314 g/mol. The van der Waals surface area contributed by atoms with E-state index in [0.29, 0.717) is 11.6 Å². The smallest absolute Gasteiger partial charge is 0.271 e. The summed E-state index contributed by atoms with van der Waals surface area (Å²) in [4.78, 5) is 10.8. The molecule has 3 aromatic rings. The number of nitrogens with zero attached hydrogens (tertiary/aromatic N) is 3. The van der Waals surface area contributed by atoms with Crippen molar-refractivity contribution in [2.45, 2.75) is 31.7 Å². The topological polar surface area (TPSA) is 71.9 Å². The van der Waals surface area contributed by atoms with Crippen molar-refractivity contribution in [3.05, 3.63) is 64.3 Å². The predicted octanol–water partition coefficient (Wildman–Crippen LogP) is 5.20. The molecule has 1 heterocycles. The molecule has 0 radical (unpaired) electrons. The molecule has 2 aromatic carbocycles. The van der Waals surface area contributed by atoms with Gasteiger partial charge in [-0.2, -0.15) is 5.26 Å². The van der Waals surface area contributed by atoms with Gasteiger partial charge in [-0.1, -0.05) is 25.0 Å². The number of non-ortho nitro benzene ring substituents is 1. The van der Waals surface area contributed by atoms with E-state index in [1.807, 2.05) is 18.2 Å². The van der Waals surface area contributed by atoms with Gasteiger partial charge in [0.15, 0.2) is 0 Å². The second kappa shape index (κ2) is 6.06. The fourth-order valence-corrected chi connectivity index (χ4v) is 3.79. The molecule has 1 aliphatic carbocycles. The average molecular weight is 331 g/mol. The van der Waals surface area contributed by atoms with Gasteiger partial charge >= 0.3 is 0 Å². The Kier molecular flexibility index (Phi) is 3.73. The number of fused-ring (bicyclic) bond motifs is 1. The lowest BCUT2D eigenvalue weighted by Crippen LogP contribution is -2.02. The number of hydrogen-bond acceptors (Lipinski definition) is 3. The fraction of sp³-hybridized carbons (Fsp3) is 0.250. The van der Waals surface area contributed by atoms with Crippen molar-refractivity contribution in [3.8, 4) is 17.2 Å². The van der Waals surface area contributed by atoms with Crippen LogP contribution in [-0.4, -0.2) is 9.49 Å². The van der Waals surface area contributed by atoms with Crippen molar-refractivity contribution < 1.29 is 4.92 Å². The normalized spacial score (nSPS) is 14.7. The van der Waals surface area contributed by atoms with Crippen LogP contribution in [0.1, 0.15) is 37.3 Å². The van der Waals surface area contributed by atoms with Crippen molar-refractivity contribution in [2.24, 2.45) is 0 Å². The van der Waals surface area contributed by atoms with Crippen LogP contribution in [0.3, 0.4) is 0 Å². The van der Waals surface area contributed by atoms with Crippen molar-refractivity contribution in [1.82, 2.24) is 4.57 Å². The molecule has 124 valence electrons. The van der Waals surface area contributed by atoms with E-state index >= 15 is 0 Å². The van der Waals surface area contributed by atoms with Gasteiger partial charge in [0, 0.05) is 35.3 Å². The van der Waals surface area contributed by atoms with E-state index in [9.17, 15) is 10.1 Å². The van der Waals surface area contributed by atoms with Gasteiger partial charge in [-0.15, -0.1) is 0 Å². The van der Waals surface area contributed by atoms with Gasteiger partial charge in [0.25, 0.3) is 5.69 Å². The van der Waals surface area contributed by atoms with Gasteiger partial charge in [-0.05, 0) is 36.6 Å². The van der Waals surface area contributed by atoms with Crippen molar-refractivity contribution in [2.75, 3.05) is 0 Å². The van der Waals surface area contributed by atoms with E-state index in [0.717, 1.165) is 34.9 Å². The Hall–Kier alpha value is -3.13. The summed E-state index contributed by atoms with van der Waals surface area (Å²) in [5.41, 5.74) is 3.74. The molecule has 0 atom stereocenters. The lowest BCUT2D eigenvalue weighted by Gasteiger charge is -2.13. The lowest BCUT2D eigenvalue weighted by molar-refractivity contribution is -0.384. The highest BCUT2D eigenvalue weighted by Crippen LogP contribution is 2.39. The molecule has 1 saturated carbocycles. The Labute approximate surface area is 145 Å². The zero-order valence-corrected chi connectivity index (χ0v) is 13.7. The second-order valence-corrected chi connectivity index (χ2v) is 6.54. The van der Waals surface area contributed by atoms with Crippen molar-refractivity contribution >= 4 is 16.6 Å². The number of nitro groups is 1. The second-order valence-electron chi connectivity index (χ2n) is 6.54. The van der Waals surface area contributed by atoms with Crippen LogP contribution in [-0.2, 0) is 0 Å². The van der Waals surface area contributed by atoms with Crippen LogP contribution in [0.2, 0.25) is 0 Å². The summed E-state index contributed by atoms with van der Waals surface area (Å²) in [6.45, 7) is 0. The van der Waals surface area contributed by atoms with E-state index in [1.165, 1.54) is 12.8 Å². The Balaban J connectivity index is 1.91. The first-order chi connectivity index (χ1) is 12.2. The van der Waals surface area contributed by atoms with Crippen molar-refractivity contribution in [3.63, 3.8) is 0 Å². The van der Waals surface area contributed by atoms with E-state index < -0.39 is 0 Å². The number of nitro benzene ring substituents is 1. The van der Waals surface area contributed by atoms with Gasteiger partial charge in [0.05, 0.1) is 22.1 Å². The molecule has 0 saturated heterocycles. The zero-order valence-electron chi connectivity index (χ0n) is 13.7. The fourth-order valence-electron chi connectivity index (χ4n) is 3.79. The molecule has 0 unspecified atom stereocenters. The Bertz CT molecular complexity index is 990. The van der Waals surface area contributed by atoms with Gasteiger partial charge in [0.1, 0.15) is 0 Å². The van der Waals surface area contributed by atoms with Crippen LogP contribution in [0.15, 0.2) is 48.7 Å². The summed E-state index contributed by atoms with van der Waals surface area (Å²) in [5.74, 6) is 0. The number of hydrogen-bond donors (Lipinski definition) is 0. The van der Waals surface area contributed by atoms with Crippen LogP contribution in [0.25, 0.3) is 22.0 Å². The maximum Gasteiger partial charge on any atom is 0.271 e. The van der Waals surface area contributed by atoms with Gasteiger partial charge in [-0.3, -0.25) is 10.1 Å². The molecular formula is C20H17N3O2. The minimum Gasteiger partial charge on any atom is -0.344 e. The number of benzene rings is 2. The number of rotatable bonds is 3. The summed E-state index contributed by atoms with van der Waals surface area (Å²) in [6.07, 6.45) is 6.74. The van der Waals surface area contributed by atoms with Gasteiger partial charge in [-0.25, -0.2) is 0 Å². The van der Waals surface area contributed by atoms with Gasteiger partial charge < -0.3 is 4.57 Å². The third-order valence-corrected chi connectivity index (χ3v) is 5.07. The quantitative estimate of drug-likeness (QED) is 0.489. The molecule has 5 heteroatoms. The molecule has 1 aromatic heterocycles.